The highest BCUT2D eigenvalue weighted by molar-refractivity contribution is 9.10. The first-order chi connectivity index (χ1) is 13.0. The van der Waals surface area contributed by atoms with E-state index in [2.05, 4.69) is 26.4 Å². The molecule has 0 aliphatic heterocycles. The summed E-state index contributed by atoms with van der Waals surface area (Å²) in [7, 11) is 0. The maximum Gasteiger partial charge on any atom is 0.291 e. The molecular formula is C19H19BrFN3O3. The number of carbonyl (C=O) groups excluding carboxylic acids is 1. The van der Waals surface area contributed by atoms with E-state index in [0.717, 1.165) is 15.4 Å². The number of rotatable bonds is 7. The van der Waals surface area contributed by atoms with Gasteiger partial charge in [-0.1, -0.05) is 12.1 Å². The van der Waals surface area contributed by atoms with Crippen LogP contribution < -0.4 is 5.48 Å². The number of aliphatic hydroxyl groups excluding tert-OH is 1. The highest BCUT2D eigenvalue weighted by Crippen LogP contribution is 2.27. The first-order valence-corrected chi connectivity index (χ1v) is 9.21. The number of nitrogens with zero attached hydrogens (tertiary/aromatic N) is 2. The summed E-state index contributed by atoms with van der Waals surface area (Å²) in [5, 5.41) is 9.57. The third kappa shape index (κ3) is 4.35. The smallest absolute Gasteiger partial charge is 0.291 e. The van der Waals surface area contributed by atoms with Crippen LogP contribution in [0.1, 0.15) is 28.0 Å². The first kappa shape index (κ1) is 19.5. The normalized spacial score (nSPS) is 11.1. The molecule has 1 amide bonds. The van der Waals surface area contributed by atoms with Gasteiger partial charge in [0.1, 0.15) is 11.5 Å². The van der Waals surface area contributed by atoms with Gasteiger partial charge in [-0.3, -0.25) is 14.6 Å². The molecule has 8 heteroatoms. The van der Waals surface area contributed by atoms with Crippen molar-refractivity contribution in [1.29, 1.82) is 0 Å². The number of aliphatic hydroxyl groups is 1. The molecule has 0 aliphatic carbocycles. The Balaban J connectivity index is 1.98. The van der Waals surface area contributed by atoms with Crippen molar-refractivity contribution < 1.29 is 19.1 Å². The van der Waals surface area contributed by atoms with Gasteiger partial charge in [0.15, 0.2) is 0 Å². The molecule has 0 radical (unpaired) electrons. The molecule has 0 aliphatic rings. The van der Waals surface area contributed by atoms with E-state index in [1.807, 2.05) is 13.0 Å². The zero-order valence-corrected chi connectivity index (χ0v) is 16.3. The molecule has 142 valence electrons. The number of fused-ring (bicyclic) bond motifs is 1. The lowest BCUT2D eigenvalue weighted by molar-refractivity contribution is 0.0255. The van der Waals surface area contributed by atoms with Crippen LogP contribution in [0.2, 0.25) is 0 Å². The summed E-state index contributed by atoms with van der Waals surface area (Å²) >= 11 is 3.44. The maximum atomic E-state index is 14.4. The molecule has 2 heterocycles. The van der Waals surface area contributed by atoms with Crippen LogP contribution >= 0.6 is 15.9 Å². The summed E-state index contributed by atoms with van der Waals surface area (Å²) in [4.78, 5) is 21.8. The molecule has 3 aromatic rings. The van der Waals surface area contributed by atoms with Crippen molar-refractivity contribution in [3.8, 4) is 0 Å². The summed E-state index contributed by atoms with van der Waals surface area (Å²) in [6.45, 7) is 2.16. The molecule has 27 heavy (non-hydrogen) atoms. The molecule has 0 spiro atoms. The van der Waals surface area contributed by atoms with Gasteiger partial charge in [-0.25, -0.2) is 9.87 Å². The number of hydrogen-bond acceptors (Lipinski definition) is 4. The van der Waals surface area contributed by atoms with Gasteiger partial charge < -0.3 is 9.67 Å². The molecule has 0 saturated heterocycles. The summed E-state index contributed by atoms with van der Waals surface area (Å²) in [5.41, 5.74) is 4.68. The summed E-state index contributed by atoms with van der Waals surface area (Å²) in [6.07, 6.45) is 3.68. The Labute approximate surface area is 164 Å². The van der Waals surface area contributed by atoms with E-state index < -0.39 is 5.91 Å². The van der Waals surface area contributed by atoms with Crippen molar-refractivity contribution in [2.24, 2.45) is 0 Å². The third-order valence-electron chi connectivity index (χ3n) is 4.12. The van der Waals surface area contributed by atoms with Gasteiger partial charge in [-0.15, -0.1) is 0 Å². The highest BCUT2D eigenvalue weighted by Gasteiger charge is 2.19. The average molecular weight is 436 g/mol. The van der Waals surface area contributed by atoms with Gasteiger partial charge in [0.25, 0.3) is 5.91 Å². The minimum atomic E-state index is -0.455. The van der Waals surface area contributed by atoms with Gasteiger partial charge in [0.2, 0.25) is 0 Å². The molecular weight excluding hydrogens is 417 g/mol. The standard InChI is InChI=1S/C19H19BrFN3O3/c1-12-3-4-13(16(21)7-12)11-24-17(19(26)23-27-6-2-5-25)8-14-15(20)9-22-10-18(14)24/h3-4,7-10,25H,2,5-6,11H2,1H3,(H,23,26). The minimum absolute atomic E-state index is 0.0263. The van der Waals surface area contributed by atoms with Crippen molar-refractivity contribution in [2.75, 3.05) is 13.2 Å². The van der Waals surface area contributed by atoms with Crippen LogP contribution in [0.5, 0.6) is 0 Å². The van der Waals surface area contributed by atoms with Gasteiger partial charge >= 0.3 is 0 Å². The SMILES string of the molecule is Cc1ccc(Cn2c(C(=O)NOCCCO)cc3c(Br)cncc32)c(F)c1. The first-order valence-electron chi connectivity index (χ1n) is 8.42. The number of nitrogens with one attached hydrogen (secondary N) is 1. The number of halogens is 2. The van der Waals surface area contributed by atoms with Gasteiger partial charge in [0, 0.05) is 28.2 Å². The Hall–Kier alpha value is -2.29. The van der Waals surface area contributed by atoms with Gasteiger partial charge in [0.05, 0.1) is 24.9 Å². The number of hydrogen-bond donors (Lipinski definition) is 2. The second-order valence-electron chi connectivity index (χ2n) is 6.12. The topological polar surface area (TPSA) is 76.4 Å². The lowest BCUT2D eigenvalue weighted by Gasteiger charge is -2.12. The van der Waals surface area contributed by atoms with Crippen LogP contribution in [0.3, 0.4) is 0 Å². The molecule has 0 saturated carbocycles. The highest BCUT2D eigenvalue weighted by atomic mass is 79.9. The van der Waals surface area contributed by atoms with E-state index in [1.165, 1.54) is 6.07 Å². The number of aryl methyl sites for hydroxylation is 1. The van der Waals surface area contributed by atoms with Crippen LogP contribution in [0.25, 0.3) is 10.9 Å². The maximum absolute atomic E-state index is 14.4. The monoisotopic (exact) mass is 435 g/mol. The molecule has 2 aromatic heterocycles. The van der Waals surface area contributed by atoms with Crippen LogP contribution in [0.4, 0.5) is 4.39 Å². The lowest BCUT2D eigenvalue weighted by Crippen LogP contribution is -2.27. The van der Waals surface area contributed by atoms with Crippen molar-refractivity contribution in [1.82, 2.24) is 15.0 Å². The predicted octanol–water partition coefficient (Wildman–Crippen LogP) is 3.34. The molecule has 0 bridgehead atoms. The fraction of sp³-hybridized carbons (Fsp3) is 0.263. The third-order valence-corrected chi connectivity index (χ3v) is 4.75. The minimum Gasteiger partial charge on any atom is -0.396 e. The molecule has 0 unspecified atom stereocenters. The van der Waals surface area contributed by atoms with Crippen LogP contribution in [-0.4, -0.2) is 33.8 Å². The van der Waals surface area contributed by atoms with Crippen molar-refractivity contribution in [3.05, 3.63) is 63.8 Å². The quantitative estimate of drug-likeness (QED) is 0.440. The molecule has 0 atom stereocenters. The lowest BCUT2D eigenvalue weighted by atomic mass is 10.1. The molecule has 0 fully saturated rings. The fourth-order valence-electron chi connectivity index (χ4n) is 2.75. The largest absolute Gasteiger partial charge is 0.396 e. The zero-order chi connectivity index (χ0) is 19.4. The Morgan fingerprint density at radius 1 is 1.37 bits per heavy atom. The molecule has 2 N–H and O–H groups in total. The fourth-order valence-corrected chi connectivity index (χ4v) is 3.19. The Morgan fingerprint density at radius 2 is 2.19 bits per heavy atom. The van der Waals surface area contributed by atoms with Gasteiger partial charge in [-0.2, -0.15) is 0 Å². The van der Waals surface area contributed by atoms with Crippen molar-refractivity contribution >= 4 is 32.7 Å². The van der Waals surface area contributed by atoms with E-state index >= 15 is 0 Å². The van der Waals surface area contributed by atoms with Gasteiger partial charge in [-0.05, 0) is 47.0 Å². The van der Waals surface area contributed by atoms with Crippen LogP contribution in [0, 0.1) is 12.7 Å². The van der Waals surface area contributed by atoms with E-state index in [0.29, 0.717) is 23.2 Å². The van der Waals surface area contributed by atoms with Crippen LogP contribution in [-0.2, 0) is 11.4 Å². The Kier molecular flexibility index (Phi) is 6.20. The summed E-state index contributed by atoms with van der Waals surface area (Å²) in [5.74, 6) is -0.783. The predicted molar refractivity (Wildman–Crippen MR) is 103 cm³/mol. The van der Waals surface area contributed by atoms with E-state index in [-0.39, 0.29) is 25.6 Å². The van der Waals surface area contributed by atoms with Crippen LogP contribution in [0.15, 0.2) is 41.1 Å². The number of amides is 1. The summed E-state index contributed by atoms with van der Waals surface area (Å²) < 4.78 is 16.8. The molecule has 6 nitrogen and oxygen atoms in total. The molecule has 3 rings (SSSR count). The summed E-state index contributed by atoms with van der Waals surface area (Å²) in [6, 6.07) is 6.71. The Bertz CT molecular complexity index is 974. The number of benzene rings is 1. The number of carbonyl (C=O) groups is 1. The van der Waals surface area contributed by atoms with E-state index in [9.17, 15) is 9.18 Å². The number of hydroxylamine groups is 1. The van der Waals surface area contributed by atoms with E-state index in [4.69, 9.17) is 9.94 Å². The van der Waals surface area contributed by atoms with Crippen molar-refractivity contribution in [2.45, 2.75) is 19.9 Å². The van der Waals surface area contributed by atoms with Crippen molar-refractivity contribution in [3.63, 3.8) is 0 Å². The average Bonchev–Trinajstić information content (AvgIpc) is 3.01. The second-order valence-corrected chi connectivity index (χ2v) is 6.98. The Morgan fingerprint density at radius 3 is 2.93 bits per heavy atom. The molecule has 1 aromatic carbocycles. The number of aromatic nitrogens is 2. The van der Waals surface area contributed by atoms with E-state index in [1.54, 1.807) is 29.1 Å². The zero-order valence-electron chi connectivity index (χ0n) is 14.7. The second kappa shape index (κ2) is 8.60. The number of pyridine rings is 1.